The number of ether oxygens (including phenoxy) is 14. The quantitative estimate of drug-likeness (QED) is 0.0117. The van der Waals surface area contributed by atoms with Gasteiger partial charge in [0.2, 0.25) is 18.6 Å². The van der Waals surface area contributed by atoms with Crippen molar-refractivity contribution in [1.29, 1.82) is 0 Å². The Kier molecular flexibility index (Phi) is 61.9. The number of rotatable bonds is 48. The smallest absolute Gasteiger partial charge is 0.222 e. The molecule has 2 amide bonds. The summed E-state index contributed by atoms with van der Waals surface area (Å²) in [6, 6.07) is 0. The lowest BCUT2D eigenvalue weighted by Crippen LogP contribution is -2.61. The van der Waals surface area contributed by atoms with Crippen LogP contribution >= 0.6 is 0 Å². The summed E-state index contributed by atoms with van der Waals surface area (Å²) in [6.07, 6.45) is -10.2. The lowest BCUT2D eigenvalue weighted by molar-refractivity contribution is -0.398. The van der Waals surface area contributed by atoms with E-state index in [1.165, 1.54) is 0 Å². The number of nitrogens with one attached hydrogen (secondary N) is 3. The van der Waals surface area contributed by atoms with Gasteiger partial charge < -0.3 is 154 Å². The zero-order valence-electron chi connectivity index (χ0n) is 49.9. The van der Waals surface area contributed by atoms with Crippen LogP contribution in [0.5, 0.6) is 0 Å². The molecule has 16 N–H and O–H groups in total. The number of hydroxylamine groups is 2. The first-order chi connectivity index (χ1) is 41.0. The summed E-state index contributed by atoms with van der Waals surface area (Å²) >= 11 is 0. The minimum atomic E-state index is -1.60. The maximum absolute atomic E-state index is 11.9. The fourth-order valence-corrected chi connectivity index (χ4v) is 6.25. The van der Waals surface area contributed by atoms with Crippen molar-refractivity contribution in [2.75, 3.05) is 192 Å². The summed E-state index contributed by atoms with van der Waals surface area (Å²) in [5, 5.41) is 125. The van der Waals surface area contributed by atoms with Crippen molar-refractivity contribution in [2.45, 2.75) is 102 Å². The van der Waals surface area contributed by atoms with Crippen LogP contribution in [0.2, 0.25) is 0 Å². The molecule has 0 aromatic rings. The molecule has 2 aliphatic rings. The Balaban J connectivity index is -0.00000118. The highest BCUT2D eigenvalue weighted by Gasteiger charge is 2.44. The van der Waals surface area contributed by atoms with Gasteiger partial charge in [-0.05, 0) is 20.4 Å². The van der Waals surface area contributed by atoms with E-state index in [1.807, 2.05) is 20.9 Å². The topological polar surface area (TPSA) is 483 Å². The maximum Gasteiger partial charge on any atom is 0.222 e. The molecular weight excluding hydrogens is 1150 g/mol. The molecule has 2 rings (SSSR count). The van der Waals surface area contributed by atoms with Gasteiger partial charge in [0.05, 0.1) is 145 Å². The fraction of sp³-hybridized carbons (Fsp3) is 0.902. The van der Waals surface area contributed by atoms with Crippen molar-refractivity contribution in [3.8, 4) is 0 Å². The lowest BCUT2D eigenvalue weighted by atomic mass is 9.94. The number of hydrogen-bond donors (Lipinski definition) is 16. The van der Waals surface area contributed by atoms with Crippen LogP contribution < -0.4 is 16.0 Å². The van der Waals surface area contributed by atoms with E-state index in [2.05, 4.69) is 16.0 Å². The molecule has 10 unspecified atom stereocenters. The zero-order valence-corrected chi connectivity index (χ0v) is 49.9. The Morgan fingerprint density at radius 3 is 1.60 bits per heavy atom. The van der Waals surface area contributed by atoms with Crippen LogP contribution in [-0.4, -0.2) is 344 Å². The van der Waals surface area contributed by atoms with Crippen LogP contribution in [0.3, 0.4) is 0 Å². The molecule has 0 aromatic heterocycles. The van der Waals surface area contributed by atoms with Crippen LogP contribution in [0.15, 0.2) is 12.0 Å². The molecule has 2 heterocycles. The fourth-order valence-electron chi connectivity index (χ4n) is 6.25. The average molecular weight is 1250 g/mol. The molecule has 0 spiro atoms. The van der Waals surface area contributed by atoms with Gasteiger partial charge in [0, 0.05) is 58.2 Å². The molecular formula is C51H104N4O30. The van der Waals surface area contributed by atoms with Crippen molar-refractivity contribution in [3.63, 3.8) is 0 Å². The summed E-state index contributed by atoms with van der Waals surface area (Å²) in [7, 11) is 2.84. The zero-order chi connectivity index (χ0) is 64.4. The standard InChI is InChI=1S/C23H43NO11.C13H25NO9.C12H26N2O8.C2H6O.CH4O/c1-3-8-32-17-23(2,18-33-9-4-7-25)19-34-10-5-21(28)24-6-11-30-12-13-31-14-15-35-22(29)20(27)16-26;15-7-9-10(17)11(18)12(19)13(23-9)22-6-5-21-4-3-20-2-1-14-8-16;1-13-2-3-19-4-5-20-6-7-21-12-10(16)11(17)14(18)9(8-15)22-12;1-2-3;1-2/h7,16,22,26-27,29H,3-6,8-15,17-19H2,1-2H3,(H,24,28);8-13,15,17-19H,1-7H2,(H,14,16);9-13,15-18H,2-8H2,1H3;3H,2H2,1H3;2H,1H3/b20-16-;;;;/t;;9?,10?,11-,12?;;/m..0../s1. The number of likely N-dealkylation sites (N-methyl/N-ethyl adjacent to an activating group) is 1. The highest BCUT2D eigenvalue weighted by molar-refractivity contribution is 5.75. The van der Waals surface area contributed by atoms with E-state index in [0.717, 1.165) is 26.4 Å². The third kappa shape index (κ3) is 46.6. The molecule has 34 nitrogen and oxygen atoms in total. The molecule has 85 heavy (non-hydrogen) atoms. The third-order valence-corrected chi connectivity index (χ3v) is 10.6. The first-order valence-electron chi connectivity index (χ1n) is 27.8. The second kappa shape index (κ2) is 61.1. The largest absolute Gasteiger partial charge is 0.512 e. The molecule has 0 saturated carbocycles. The predicted octanol–water partition coefficient (Wildman–Crippen LogP) is -5.64. The minimum Gasteiger partial charge on any atom is -0.512 e. The van der Waals surface area contributed by atoms with Gasteiger partial charge in [-0.15, -0.1) is 5.06 Å². The number of nitrogens with zero attached hydrogens (tertiary/aromatic N) is 1. The summed E-state index contributed by atoms with van der Waals surface area (Å²) in [5.41, 5.74) is -0.366. The molecule has 2 saturated heterocycles. The second-order valence-electron chi connectivity index (χ2n) is 17.8. The van der Waals surface area contributed by atoms with Gasteiger partial charge in [-0.1, -0.05) is 13.8 Å². The number of aldehydes is 1. The molecule has 0 aromatic carbocycles. The molecule has 0 radical (unpaired) electrons. The van der Waals surface area contributed by atoms with Gasteiger partial charge in [0.1, 0.15) is 43.1 Å². The third-order valence-electron chi connectivity index (χ3n) is 10.6. The van der Waals surface area contributed by atoms with E-state index >= 15 is 0 Å². The number of carbonyl (C=O) groups is 3. The summed E-state index contributed by atoms with van der Waals surface area (Å²) in [6.45, 7) is 13.3. The first kappa shape index (κ1) is 86.1. The van der Waals surface area contributed by atoms with E-state index in [-0.39, 0.29) is 70.6 Å². The van der Waals surface area contributed by atoms with E-state index in [9.17, 15) is 50.2 Å². The average Bonchev–Trinajstić information content (AvgIpc) is 3.40. The van der Waals surface area contributed by atoms with Crippen LogP contribution in [-0.2, 0) is 80.7 Å². The summed E-state index contributed by atoms with van der Waals surface area (Å²) < 4.78 is 73.9. The van der Waals surface area contributed by atoms with Crippen LogP contribution in [0.25, 0.3) is 0 Å². The van der Waals surface area contributed by atoms with Gasteiger partial charge in [-0.3, -0.25) is 9.59 Å². The molecule has 34 heteroatoms. The molecule has 2 aliphatic heterocycles. The Morgan fingerprint density at radius 1 is 0.624 bits per heavy atom. The number of carbonyl (C=O) groups excluding carboxylic acids is 3. The Labute approximate surface area is 497 Å². The second-order valence-corrected chi connectivity index (χ2v) is 17.8. The Morgan fingerprint density at radius 2 is 1.11 bits per heavy atom. The van der Waals surface area contributed by atoms with Crippen LogP contribution in [0.4, 0.5) is 0 Å². The highest BCUT2D eigenvalue weighted by atomic mass is 16.7. The van der Waals surface area contributed by atoms with Crippen LogP contribution in [0.1, 0.15) is 40.0 Å². The molecule has 2 fully saturated rings. The summed E-state index contributed by atoms with van der Waals surface area (Å²) in [5.74, 6) is -0.832. The van der Waals surface area contributed by atoms with Crippen molar-refractivity contribution < 1.29 is 147 Å². The van der Waals surface area contributed by atoms with Gasteiger partial charge in [0.25, 0.3) is 0 Å². The Hall–Kier alpha value is -3.13. The highest BCUT2D eigenvalue weighted by Crippen LogP contribution is 2.23. The van der Waals surface area contributed by atoms with Gasteiger partial charge in [-0.25, -0.2) is 0 Å². The van der Waals surface area contributed by atoms with Crippen molar-refractivity contribution in [2.24, 2.45) is 5.41 Å². The first-order valence-corrected chi connectivity index (χ1v) is 27.8. The van der Waals surface area contributed by atoms with Gasteiger partial charge >= 0.3 is 0 Å². The molecule has 11 atom stereocenters. The van der Waals surface area contributed by atoms with Gasteiger partial charge in [-0.2, -0.15) is 0 Å². The van der Waals surface area contributed by atoms with Crippen LogP contribution in [0, 0.1) is 5.41 Å². The monoisotopic (exact) mass is 1250 g/mol. The van der Waals surface area contributed by atoms with E-state index in [0.29, 0.717) is 130 Å². The molecule has 508 valence electrons. The number of hydrogen-bond acceptors (Lipinski definition) is 32. The molecule has 0 aliphatic carbocycles. The van der Waals surface area contributed by atoms with Crippen molar-refractivity contribution in [1.82, 2.24) is 21.0 Å². The Bertz CT molecular complexity index is 1510. The lowest BCUT2D eigenvalue weighted by Gasteiger charge is -2.40. The summed E-state index contributed by atoms with van der Waals surface area (Å²) in [4.78, 5) is 32.3. The van der Waals surface area contributed by atoms with E-state index < -0.39 is 80.8 Å². The normalized spacial score (nSPS) is 22.4. The molecule has 0 bridgehead atoms. The number of amides is 2. The number of aliphatic hydroxyl groups excluding tert-OH is 12. The van der Waals surface area contributed by atoms with E-state index in [4.69, 9.17) is 97.0 Å². The van der Waals surface area contributed by atoms with E-state index in [1.54, 1.807) is 6.92 Å². The van der Waals surface area contributed by atoms with Crippen molar-refractivity contribution in [3.05, 3.63) is 12.0 Å². The number of aliphatic hydroxyl groups is 12. The predicted molar refractivity (Wildman–Crippen MR) is 295 cm³/mol. The minimum absolute atomic E-state index is 0.0231. The van der Waals surface area contributed by atoms with Gasteiger partial charge in [0.15, 0.2) is 30.8 Å². The maximum atomic E-state index is 11.9. The van der Waals surface area contributed by atoms with Crippen molar-refractivity contribution >= 4 is 18.6 Å². The SMILES string of the molecule is CCCOCC(C)(COCCC=O)COCCC(=O)NCCOCCOCCOC(O)/C(O)=C/O.CCO.CNCCOCCOCCOC1OC(CO)N(O)[C@@H](O)C1O.CO.O=CNCCOCCOCCOC1OC(CO)C(O)C(O)C1O.